The highest BCUT2D eigenvalue weighted by Gasteiger charge is 2.56. The van der Waals surface area contributed by atoms with Gasteiger partial charge in [0.05, 0.1) is 21.3 Å². The van der Waals surface area contributed by atoms with E-state index in [1.165, 1.54) is 39.5 Å². The van der Waals surface area contributed by atoms with Gasteiger partial charge in [0, 0.05) is 23.8 Å². The molecule has 142 valence electrons. The minimum absolute atomic E-state index is 0.0673. The molecular formula is C19H18O8. The Bertz CT molecular complexity index is 938. The summed E-state index contributed by atoms with van der Waals surface area (Å²) in [7, 11) is 4.35. The minimum Gasteiger partial charge on any atom is -0.507 e. The van der Waals surface area contributed by atoms with Crippen molar-refractivity contribution in [1.82, 2.24) is 0 Å². The van der Waals surface area contributed by atoms with Crippen molar-refractivity contribution < 1.29 is 38.7 Å². The molecule has 0 saturated carbocycles. The van der Waals surface area contributed by atoms with Crippen LogP contribution in [0.25, 0.3) is 0 Å². The molecule has 2 heterocycles. The lowest BCUT2D eigenvalue weighted by Crippen LogP contribution is -2.57. The molecule has 0 radical (unpaired) electrons. The van der Waals surface area contributed by atoms with Crippen LogP contribution in [0.5, 0.6) is 34.5 Å². The first-order valence-electron chi connectivity index (χ1n) is 8.18. The molecule has 2 N–H and O–H groups in total. The van der Waals surface area contributed by atoms with Crippen molar-refractivity contribution in [3.63, 3.8) is 0 Å². The summed E-state index contributed by atoms with van der Waals surface area (Å²) in [5, 5.41) is 21.7. The molecular weight excluding hydrogens is 356 g/mol. The van der Waals surface area contributed by atoms with Crippen LogP contribution in [-0.2, 0) is 5.60 Å². The molecule has 0 aliphatic carbocycles. The molecule has 0 aromatic heterocycles. The Labute approximate surface area is 154 Å². The number of fused-ring (bicyclic) bond motifs is 4. The topological polar surface area (TPSA) is 104 Å². The Balaban J connectivity index is 1.91. The van der Waals surface area contributed by atoms with Gasteiger partial charge in [0.1, 0.15) is 35.2 Å². The number of rotatable bonds is 3. The zero-order valence-electron chi connectivity index (χ0n) is 14.9. The van der Waals surface area contributed by atoms with Crippen LogP contribution in [0.4, 0.5) is 0 Å². The van der Waals surface area contributed by atoms with Crippen LogP contribution >= 0.6 is 0 Å². The maximum Gasteiger partial charge on any atom is 0.210 e. The van der Waals surface area contributed by atoms with Crippen molar-refractivity contribution in [2.45, 2.75) is 11.7 Å². The van der Waals surface area contributed by atoms with E-state index in [-0.39, 0.29) is 35.0 Å². The first-order valence-corrected chi connectivity index (χ1v) is 8.18. The third-order valence-corrected chi connectivity index (χ3v) is 4.89. The number of carbonyl (C=O) groups is 1. The van der Waals surface area contributed by atoms with Gasteiger partial charge in [-0.1, -0.05) is 0 Å². The Kier molecular flexibility index (Phi) is 3.81. The van der Waals surface area contributed by atoms with Crippen LogP contribution in [-0.4, -0.2) is 50.0 Å². The molecule has 27 heavy (non-hydrogen) atoms. The van der Waals surface area contributed by atoms with Crippen molar-refractivity contribution in [3.8, 4) is 34.5 Å². The van der Waals surface area contributed by atoms with Crippen molar-refractivity contribution in [2.24, 2.45) is 0 Å². The monoisotopic (exact) mass is 374 g/mol. The van der Waals surface area contributed by atoms with E-state index in [0.717, 1.165) is 0 Å². The molecule has 2 aliphatic heterocycles. The second kappa shape index (κ2) is 5.95. The molecule has 0 amide bonds. The van der Waals surface area contributed by atoms with E-state index in [4.69, 9.17) is 23.7 Å². The fourth-order valence-corrected chi connectivity index (χ4v) is 3.48. The average Bonchev–Trinajstić information content (AvgIpc) is 2.67. The number of phenolic OH excluding ortho intramolecular Hbond substituents is 1. The third kappa shape index (κ3) is 2.30. The van der Waals surface area contributed by atoms with Crippen LogP contribution in [0, 0.1) is 0 Å². The first kappa shape index (κ1) is 17.3. The number of methoxy groups -OCH3 is 3. The predicted octanol–water partition coefficient (Wildman–Crippen LogP) is 1.64. The SMILES string of the molecule is COc1cc(O)c2c(c1)O[C@@H]1COc3cc(OC)c(OC)cc3[C@]1(O)C2=O. The number of hydrogen-bond acceptors (Lipinski definition) is 8. The van der Waals surface area contributed by atoms with E-state index in [0.29, 0.717) is 17.2 Å². The minimum atomic E-state index is -2.05. The maximum atomic E-state index is 13.3. The largest absolute Gasteiger partial charge is 0.507 e. The molecule has 0 unspecified atom stereocenters. The fraction of sp³-hybridized carbons (Fsp3) is 0.316. The molecule has 2 aliphatic rings. The number of ketones is 1. The summed E-state index contributed by atoms with van der Waals surface area (Å²) in [6, 6.07) is 5.79. The summed E-state index contributed by atoms with van der Waals surface area (Å²) >= 11 is 0. The summed E-state index contributed by atoms with van der Waals surface area (Å²) in [6.07, 6.45) is -1.00. The zero-order chi connectivity index (χ0) is 19.3. The molecule has 8 nitrogen and oxygen atoms in total. The number of aromatic hydroxyl groups is 1. The van der Waals surface area contributed by atoms with Gasteiger partial charge in [-0.3, -0.25) is 4.79 Å². The van der Waals surface area contributed by atoms with E-state index in [9.17, 15) is 15.0 Å². The van der Waals surface area contributed by atoms with Gasteiger partial charge in [0.2, 0.25) is 5.78 Å². The maximum absolute atomic E-state index is 13.3. The van der Waals surface area contributed by atoms with Crippen molar-refractivity contribution >= 4 is 5.78 Å². The normalized spacial score (nSPS) is 22.5. The highest BCUT2D eigenvalue weighted by Crippen LogP contribution is 2.50. The van der Waals surface area contributed by atoms with E-state index in [1.54, 1.807) is 6.07 Å². The Morgan fingerprint density at radius 3 is 2.41 bits per heavy atom. The molecule has 8 heteroatoms. The molecule has 2 aromatic rings. The summed E-state index contributed by atoms with van der Waals surface area (Å²) < 4.78 is 27.1. The highest BCUT2D eigenvalue weighted by atomic mass is 16.6. The van der Waals surface area contributed by atoms with Crippen LogP contribution < -0.4 is 23.7 Å². The summed E-state index contributed by atoms with van der Waals surface area (Å²) in [5.74, 6) is 0.425. The van der Waals surface area contributed by atoms with Crippen molar-refractivity contribution in [1.29, 1.82) is 0 Å². The standard InChI is InChI=1S/C19H18O8/c1-23-9-4-11(20)17-15(5-9)27-16-8-26-12-7-14(25-3)13(24-2)6-10(12)19(16,22)18(17)21/h4-7,16,20,22H,8H2,1-3H3/t16-,19-/m1/s1. The van der Waals surface area contributed by atoms with Gasteiger partial charge in [-0.05, 0) is 6.07 Å². The lowest BCUT2D eigenvalue weighted by Gasteiger charge is -2.43. The Hall–Kier alpha value is -3.13. The van der Waals surface area contributed by atoms with Gasteiger partial charge < -0.3 is 33.9 Å². The van der Waals surface area contributed by atoms with Crippen LogP contribution in [0.2, 0.25) is 0 Å². The average molecular weight is 374 g/mol. The second-order valence-electron chi connectivity index (χ2n) is 6.24. The van der Waals surface area contributed by atoms with Crippen LogP contribution in [0.15, 0.2) is 24.3 Å². The zero-order valence-corrected chi connectivity index (χ0v) is 14.9. The van der Waals surface area contributed by atoms with Crippen LogP contribution in [0.3, 0.4) is 0 Å². The smallest absolute Gasteiger partial charge is 0.210 e. The van der Waals surface area contributed by atoms with Crippen LogP contribution in [0.1, 0.15) is 15.9 Å². The van der Waals surface area contributed by atoms with Gasteiger partial charge in [0.25, 0.3) is 0 Å². The Morgan fingerprint density at radius 1 is 1.04 bits per heavy atom. The van der Waals surface area contributed by atoms with Crippen molar-refractivity contribution in [3.05, 3.63) is 35.4 Å². The fourth-order valence-electron chi connectivity index (χ4n) is 3.48. The van der Waals surface area contributed by atoms with Gasteiger partial charge in [-0.15, -0.1) is 0 Å². The summed E-state index contributed by atoms with van der Waals surface area (Å²) in [4.78, 5) is 13.3. The number of hydrogen-bond donors (Lipinski definition) is 2. The number of aliphatic hydroxyl groups is 1. The number of Topliss-reactive ketones (excluding diaryl/α,β-unsaturated/α-hetero) is 1. The predicted molar refractivity (Wildman–Crippen MR) is 92.3 cm³/mol. The third-order valence-electron chi connectivity index (χ3n) is 4.89. The molecule has 2 aromatic carbocycles. The van der Waals surface area contributed by atoms with Crippen molar-refractivity contribution in [2.75, 3.05) is 27.9 Å². The first-order chi connectivity index (χ1) is 12.9. The highest BCUT2D eigenvalue weighted by molar-refractivity contribution is 6.09. The lowest BCUT2D eigenvalue weighted by molar-refractivity contribution is -0.0803. The molecule has 0 saturated heterocycles. The second-order valence-corrected chi connectivity index (χ2v) is 6.24. The summed E-state index contributed by atoms with van der Waals surface area (Å²) in [5.41, 5.74) is -1.98. The number of phenols is 1. The summed E-state index contributed by atoms with van der Waals surface area (Å²) in [6.45, 7) is -0.0673. The molecule has 4 rings (SSSR count). The van der Waals surface area contributed by atoms with Gasteiger partial charge in [-0.25, -0.2) is 0 Å². The quantitative estimate of drug-likeness (QED) is 0.836. The van der Waals surface area contributed by atoms with Gasteiger partial charge in [0.15, 0.2) is 23.2 Å². The lowest BCUT2D eigenvalue weighted by atomic mass is 9.77. The molecule has 0 fully saturated rings. The Morgan fingerprint density at radius 2 is 1.74 bits per heavy atom. The van der Waals surface area contributed by atoms with E-state index >= 15 is 0 Å². The number of ether oxygens (including phenoxy) is 5. The van der Waals surface area contributed by atoms with E-state index in [2.05, 4.69) is 0 Å². The van der Waals surface area contributed by atoms with E-state index in [1.807, 2.05) is 0 Å². The molecule has 2 atom stereocenters. The van der Waals surface area contributed by atoms with E-state index < -0.39 is 17.5 Å². The number of carbonyl (C=O) groups excluding carboxylic acids is 1. The molecule has 0 spiro atoms. The molecule has 0 bridgehead atoms. The van der Waals surface area contributed by atoms with Gasteiger partial charge >= 0.3 is 0 Å². The number of benzene rings is 2. The van der Waals surface area contributed by atoms with Gasteiger partial charge in [-0.2, -0.15) is 0 Å².